The molecule has 0 bridgehead atoms. The number of hydrogen-bond acceptors (Lipinski definition) is 6. The SMILES string of the molecule is CCCCCCCCS(=O)(=O)O.O=C(O)CC(C(=O)O)S(=O)(=O)O.[NaH]. The summed E-state index contributed by atoms with van der Waals surface area (Å²) >= 11 is 0. The molecule has 0 fully saturated rings. The molecule has 0 aromatic carbocycles. The van der Waals surface area contributed by atoms with Crippen LogP contribution < -0.4 is 0 Å². The van der Waals surface area contributed by atoms with Crippen LogP contribution in [0.15, 0.2) is 0 Å². The van der Waals surface area contributed by atoms with Crippen LogP contribution in [0.2, 0.25) is 0 Å². The normalized spacial score (nSPS) is 12.3. The van der Waals surface area contributed by atoms with Crippen molar-refractivity contribution < 1.29 is 45.7 Å². The number of hydrogen-bond donors (Lipinski definition) is 4. The van der Waals surface area contributed by atoms with Crippen LogP contribution in [0, 0.1) is 0 Å². The summed E-state index contributed by atoms with van der Waals surface area (Å²) in [6, 6.07) is 0. The fourth-order valence-corrected chi connectivity index (χ4v) is 2.72. The predicted octanol–water partition coefficient (Wildman–Crippen LogP) is 0.388. The molecule has 0 aromatic heterocycles. The van der Waals surface area contributed by atoms with Gasteiger partial charge in [-0.05, 0) is 6.42 Å². The van der Waals surface area contributed by atoms with Gasteiger partial charge in [-0.2, -0.15) is 16.8 Å². The van der Waals surface area contributed by atoms with Gasteiger partial charge in [0.05, 0.1) is 12.2 Å². The summed E-state index contributed by atoms with van der Waals surface area (Å²) in [5.74, 6) is -3.58. The second kappa shape index (κ2) is 14.9. The molecule has 0 saturated heterocycles. The summed E-state index contributed by atoms with van der Waals surface area (Å²) in [6.07, 6.45) is 4.98. The summed E-state index contributed by atoms with van der Waals surface area (Å²) < 4.78 is 57.6. The molecule has 0 radical (unpaired) electrons. The Morgan fingerprint density at radius 1 is 0.880 bits per heavy atom. The molecular weight excluding hydrogens is 391 g/mol. The number of carboxylic acid groups (broad SMARTS) is 2. The van der Waals surface area contributed by atoms with Crippen LogP contribution in [0.3, 0.4) is 0 Å². The molecule has 0 aliphatic carbocycles. The van der Waals surface area contributed by atoms with E-state index in [-0.39, 0.29) is 35.3 Å². The van der Waals surface area contributed by atoms with E-state index in [2.05, 4.69) is 6.92 Å². The molecule has 13 heteroatoms. The van der Waals surface area contributed by atoms with Crippen LogP contribution in [0.1, 0.15) is 51.9 Å². The van der Waals surface area contributed by atoms with Crippen molar-refractivity contribution in [2.75, 3.05) is 5.75 Å². The van der Waals surface area contributed by atoms with E-state index in [4.69, 9.17) is 19.3 Å². The second-order valence-electron chi connectivity index (χ2n) is 4.99. The zero-order chi connectivity index (χ0) is 19.4. The van der Waals surface area contributed by atoms with Crippen LogP contribution >= 0.6 is 0 Å². The molecule has 0 heterocycles. The molecule has 0 saturated carbocycles. The topological polar surface area (TPSA) is 183 Å². The second-order valence-corrected chi connectivity index (χ2v) is 8.16. The van der Waals surface area contributed by atoms with Crippen molar-refractivity contribution in [1.82, 2.24) is 0 Å². The van der Waals surface area contributed by atoms with E-state index < -0.39 is 43.8 Å². The van der Waals surface area contributed by atoms with E-state index in [1.54, 1.807) is 0 Å². The van der Waals surface area contributed by atoms with Crippen LogP contribution in [0.4, 0.5) is 0 Å². The van der Waals surface area contributed by atoms with Gasteiger partial charge in [0.25, 0.3) is 20.2 Å². The molecule has 10 nitrogen and oxygen atoms in total. The van der Waals surface area contributed by atoms with Gasteiger partial charge in [0, 0.05) is 0 Å². The molecule has 0 aliphatic heterocycles. The van der Waals surface area contributed by atoms with Gasteiger partial charge in [0.1, 0.15) is 0 Å². The molecular formula is C12H25NaO10S2. The third-order valence-corrected chi connectivity index (χ3v) is 4.64. The van der Waals surface area contributed by atoms with Gasteiger partial charge in [-0.3, -0.25) is 18.7 Å². The van der Waals surface area contributed by atoms with Gasteiger partial charge in [-0.1, -0.05) is 39.0 Å². The van der Waals surface area contributed by atoms with E-state index in [9.17, 15) is 26.4 Å². The van der Waals surface area contributed by atoms with Crippen molar-refractivity contribution in [3.8, 4) is 0 Å². The molecule has 0 spiro atoms. The first kappa shape index (κ1) is 29.5. The molecule has 146 valence electrons. The van der Waals surface area contributed by atoms with Crippen LogP contribution in [0.25, 0.3) is 0 Å². The number of rotatable bonds is 11. The average molecular weight is 416 g/mol. The number of carbonyl (C=O) groups is 2. The summed E-state index contributed by atoms with van der Waals surface area (Å²) in [4.78, 5) is 20.0. The Kier molecular flexibility index (Phi) is 17.6. The Morgan fingerprint density at radius 2 is 1.32 bits per heavy atom. The summed E-state index contributed by atoms with van der Waals surface area (Å²) in [7, 11) is -8.56. The van der Waals surface area contributed by atoms with Crippen LogP contribution in [-0.2, 0) is 29.8 Å². The Balaban J connectivity index is -0.000000372. The van der Waals surface area contributed by atoms with Gasteiger partial charge < -0.3 is 10.2 Å². The predicted molar refractivity (Wildman–Crippen MR) is 92.2 cm³/mol. The Morgan fingerprint density at radius 3 is 1.60 bits per heavy atom. The summed E-state index contributed by atoms with van der Waals surface area (Å²) in [5, 5.41) is 13.9. The van der Waals surface area contributed by atoms with Crippen molar-refractivity contribution in [2.45, 2.75) is 57.1 Å². The maximum absolute atomic E-state index is 10.3. The van der Waals surface area contributed by atoms with Gasteiger partial charge in [-0.15, -0.1) is 0 Å². The first-order valence-electron chi connectivity index (χ1n) is 7.17. The number of aliphatic carboxylic acids is 2. The van der Waals surface area contributed by atoms with Gasteiger partial charge in [0.15, 0.2) is 5.25 Å². The maximum atomic E-state index is 10.3. The van der Waals surface area contributed by atoms with E-state index in [1.807, 2.05) is 0 Å². The van der Waals surface area contributed by atoms with E-state index in [0.29, 0.717) is 6.42 Å². The van der Waals surface area contributed by atoms with Crippen molar-refractivity contribution in [2.24, 2.45) is 0 Å². The molecule has 1 unspecified atom stereocenters. The quantitative estimate of drug-likeness (QED) is 0.209. The molecule has 0 amide bonds. The fraction of sp³-hybridized carbons (Fsp3) is 0.833. The first-order chi connectivity index (χ1) is 10.8. The Hall–Kier alpha value is -0.240. The Bertz CT molecular complexity index is 585. The fourth-order valence-electron chi connectivity index (χ4n) is 1.54. The van der Waals surface area contributed by atoms with Crippen LogP contribution in [0.5, 0.6) is 0 Å². The molecule has 0 aromatic rings. The van der Waals surface area contributed by atoms with Gasteiger partial charge >= 0.3 is 41.5 Å². The monoisotopic (exact) mass is 416 g/mol. The molecule has 0 aliphatic rings. The van der Waals surface area contributed by atoms with Crippen molar-refractivity contribution in [1.29, 1.82) is 0 Å². The third-order valence-electron chi connectivity index (χ3n) is 2.75. The number of unbranched alkanes of at least 4 members (excludes halogenated alkanes) is 5. The van der Waals surface area contributed by atoms with E-state index in [0.717, 1.165) is 12.8 Å². The molecule has 0 rings (SSSR count). The summed E-state index contributed by atoms with van der Waals surface area (Å²) in [5.41, 5.74) is 0. The molecule has 4 N–H and O–H groups in total. The van der Waals surface area contributed by atoms with Crippen molar-refractivity contribution in [3.63, 3.8) is 0 Å². The van der Waals surface area contributed by atoms with Gasteiger partial charge in [0.2, 0.25) is 0 Å². The zero-order valence-corrected chi connectivity index (χ0v) is 14.9. The van der Waals surface area contributed by atoms with Crippen molar-refractivity contribution >= 4 is 61.7 Å². The third kappa shape index (κ3) is 21.7. The van der Waals surface area contributed by atoms with E-state index >= 15 is 0 Å². The minimum absolute atomic E-state index is 0. The Labute approximate surface area is 169 Å². The van der Waals surface area contributed by atoms with Crippen molar-refractivity contribution in [3.05, 3.63) is 0 Å². The standard InChI is InChI=1S/C8H18O3S.C4H6O7S.Na.H/c1-2-3-4-5-6-7-8-12(9,10)11;5-3(6)1-2(4(7)8)12(9,10)11;;/h2-8H2,1H3,(H,9,10,11);2H,1H2,(H,5,6)(H,7,8)(H,9,10,11);;. The molecule has 1 atom stereocenters. The molecule has 25 heavy (non-hydrogen) atoms. The van der Waals surface area contributed by atoms with E-state index in [1.165, 1.54) is 19.3 Å². The zero-order valence-electron chi connectivity index (χ0n) is 13.3. The first-order valence-corrected chi connectivity index (χ1v) is 10.3. The average Bonchev–Trinajstić information content (AvgIpc) is 2.38. The van der Waals surface area contributed by atoms with Gasteiger partial charge in [-0.25, -0.2) is 0 Å². The summed E-state index contributed by atoms with van der Waals surface area (Å²) in [6.45, 7) is 2.14. The number of carboxylic acids is 2. The minimum atomic E-state index is -4.84. The van der Waals surface area contributed by atoms with Crippen LogP contribution in [-0.4, -0.2) is 88.7 Å².